The second kappa shape index (κ2) is 13.8. The first-order valence-electron chi connectivity index (χ1n) is 15.0. The van der Waals surface area contributed by atoms with E-state index in [1.807, 2.05) is 18.2 Å². The van der Waals surface area contributed by atoms with Crippen LogP contribution >= 0.6 is 11.6 Å². The number of aliphatic hydroxyl groups is 1. The second-order valence-corrected chi connectivity index (χ2v) is 16.3. The largest absolute Gasteiger partial charge is 0.487 e. The van der Waals surface area contributed by atoms with Gasteiger partial charge in [0, 0.05) is 43.0 Å². The number of aliphatic hydroxyl groups excluding tert-OH is 1. The van der Waals surface area contributed by atoms with Crippen LogP contribution in [0.25, 0.3) is 0 Å². The first-order valence-corrected chi connectivity index (χ1v) is 18.9. The number of nitrogens with one attached hydrogen (secondary N) is 1. The molecule has 1 aliphatic carbocycles. The molecular weight excluding hydrogens is 626 g/mol. The zero-order chi connectivity index (χ0) is 31.5. The minimum Gasteiger partial charge on any atom is -0.487 e. The van der Waals surface area contributed by atoms with E-state index in [1.165, 1.54) is 6.07 Å². The fourth-order valence-corrected chi connectivity index (χ4v) is 8.11. The summed E-state index contributed by atoms with van der Waals surface area (Å²) >= 11 is 6.29. The fourth-order valence-electron chi connectivity index (χ4n) is 6.09. The van der Waals surface area contributed by atoms with Crippen LogP contribution in [0.3, 0.4) is 0 Å². The highest BCUT2D eigenvalue weighted by molar-refractivity contribution is 7.90. The van der Waals surface area contributed by atoms with Crippen molar-refractivity contribution in [2.45, 2.75) is 51.2 Å². The smallest absolute Gasteiger partial charge is 0.304 e. The van der Waals surface area contributed by atoms with E-state index in [1.54, 1.807) is 24.3 Å². The summed E-state index contributed by atoms with van der Waals surface area (Å²) in [5.74, 6) is -0.366. The number of nitrogens with zero attached hydrogens (tertiary/aromatic N) is 2. The molecule has 3 aliphatic rings. The predicted molar refractivity (Wildman–Crippen MR) is 171 cm³/mol. The van der Waals surface area contributed by atoms with Crippen molar-refractivity contribution in [3.8, 4) is 5.75 Å². The van der Waals surface area contributed by atoms with Crippen LogP contribution in [0.1, 0.15) is 53.6 Å². The molecule has 44 heavy (non-hydrogen) atoms. The zero-order valence-corrected chi connectivity index (χ0v) is 27.2. The molecule has 0 radical (unpaired) electrons. The molecule has 0 saturated heterocycles. The molecule has 0 aromatic heterocycles. The SMILES string of the molecule is CS(=O)(=O)CCN1CC/C=C\[C@H](O)[C@@H]2CC[C@H]2CN2CCCCc3cc(Cl)ccc3COc3ccc(cc32)C(=O)NS1(=O)=O. The first kappa shape index (κ1) is 32.7. The lowest BCUT2D eigenvalue weighted by Gasteiger charge is -2.42. The van der Waals surface area contributed by atoms with Crippen molar-refractivity contribution < 1.29 is 31.5 Å². The van der Waals surface area contributed by atoms with Crippen LogP contribution in [0, 0.1) is 11.8 Å². The van der Waals surface area contributed by atoms with E-state index in [4.69, 9.17) is 16.3 Å². The number of fused-ring (bicyclic) bond motifs is 3. The van der Waals surface area contributed by atoms with E-state index in [9.17, 15) is 26.7 Å². The van der Waals surface area contributed by atoms with Crippen LogP contribution in [-0.4, -0.2) is 76.4 Å². The molecule has 2 bridgehead atoms. The summed E-state index contributed by atoms with van der Waals surface area (Å²) in [7, 11) is -7.84. The summed E-state index contributed by atoms with van der Waals surface area (Å²) in [6.45, 7) is 1.30. The van der Waals surface area contributed by atoms with Crippen molar-refractivity contribution in [1.82, 2.24) is 9.03 Å². The number of aryl methyl sites for hydroxylation is 1. The molecule has 1 amide bonds. The Labute approximate surface area is 265 Å². The Morgan fingerprint density at radius 3 is 2.66 bits per heavy atom. The minimum atomic E-state index is -4.38. The molecule has 5 rings (SSSR count). The number of hydrogen-bond acceptors (Lipinski definition) is 8. The highest BCUT2D eigenvalue weighted by Crippen LogP contribution is 2.41. The molecule has 1 saturated carbocycles. The van der Waals surface area contributed by atoms with Gasteiger partial charge >= 0.3 is 10.2 Å². The van der Waals surface area contributed by atoms with Gasteiger partial charge in [0.1, 0.15) is 22.2 Å². The molecule has 0 spiro atoms. The van der Waals surface area contributed by atoms with Crippen molar-refractivity contribution in [3.05, 3.63) is 70.3 Å². The van der Waals surface area contributed by atoms with Gasteiger partial charge in [-0.25, -0.2) is 13.1 Å². The lowest BCUT2D eigenvalue weighted by molar-refractivity contribution is 0.0461. The zero-order valence-electron chi connectivity index (χ0n) is 24.8. The molecule has 1 fully saturated rings. The van der Waals surface area contributed by atoms with Gasteiger partial charge in [-0.15, -0.1) is 0 Å². The molecule has 13 heteroatoms. The number of benzene rings is 2. The molecule has 2 aromatic rings. The number of anilines is 1. The van der Waals surface area contributed by atoms with Gasteiger partial charge in [-0.3, -0.25) is 4.79 Å². The van der Waals surface area contributed by atoms with Crippen LogP contribution in [0.4, 0.5) is 5.69 Å². The van der Waals surface area contributed by atoms with Crippen LogP contribution < -0.4 is 14.4 Å². The van der Waals surface area contributed by atoms with Crippen LogP contribution in [0.5, 0.6) is 5.75 Å². The Bertz CT molecular complexity index is 1610. The van der Waals surface area contributed by atoms with Crippen LogP contribution in [0.2, 0.25) is 5.02 Å². The Balaban J connectivity index is 1.52. The maximum Gasteiger partial charge on any atom is 0.304 e. The molecule has 2 aliphatic heterocycles. The fraction of sp³-hybridized carbons (Fsp3) is 0.516. The van der Waals surface area contributed by atoms with Gasteiger partial charge in [0.25, 0.3) is 5.91 Å². The van der Waals surface area contributed by atoms with E-state index in [-0.39, 0.29) is 36.9 Å². The number of halogens is 1. The highest BCUT2D eigenvalue weighted by atomic mass is 35.5. The summed E-state index contributed by atoms with van der Waals surface area (Å²) in [5.41, 5.74) is 2.99. The first-order chi connectivity index (χ1) is 20.9. The summed E-state index contributed by atoms with van der Waals surface area (Å²) < 4.78 is 59.8. The van der Waals surface area contributed by atoms with Crippen molar-refractivity contribution in [3.63, 3.8) is 0 Å². The number of carbonyl (C=O) groups excluding carboxylic acids is 1. The van der Waals surface area contributed by atoms with Crippen molar-refractivity contribution >= 4 is 43.2 Å². The van der Waals surface area contributed by atoms with Crippen LogP contribution in [-0.2, 0) is 33.1 Å². The molecule has 2 heterocycles. The van der Waals surface area contributed by atoms with Crippen molar-refractivity contribution in [2.75, 3.05) is 43.1 Å². The third kappa shape index (κ3) is 8.14. The third-order valence-corrected chi connectivity index (χ3v) is 11.4. The normalized spacial score (nSPS) is 25.7. The minimum absolute atomic E-state index is 0.0460. The van der Waals surface area contributed by atoms with E-state index >= 15 is 0 Å². The number of amides is 1. The van der Waals surface area contributed by atoms with E-state index in [0.29, 0.717) is 36.2 Å². The number of rotatable bonds is 3. The van der Waals surface area contributed by atoms with E-state index < -0.39 is 37.8 Å². The maximum absolute atomic E-state index is 13.4. The lowest BCUT2D eigenvalue weighted by Crippen LogP contribution is -2.46. The Kier molecular flexibility index (Phi) is 10.3. The van der Waals surface area contributed by atoms with Crippen LogP contribution in [0.15, 0.2) is 48.6 Å². The number of carbonyl (C=O) groups is 1. The van der Waals surface area contributed by atoms with Gasteiger partial charge in [-0.2, -0.15) is 12.7 Å². The molecular formula is C31H40ClN3O7S2. The number of hydrogen-bond donors (Lipinski definition) is 2. The van der Waals surface area contributed by atoms with Gasteiger partial charge in [-0.05, 0) is 91.8 Å². The molecule has 3 atom stereocenters. The standard InChI is InChI=1S/C31H40ClN3O7S2/c1-43(38,39)17-16-35-15-5-3-7-29(36)27-12-9-24(27)20-34-14-4-2-6-22-18-26(32)11-8-25(22)21-42-30-13-10-23(19-28(30)34)31(37)33-44(35,40)41/h3,7-8,10-11,13,18-19,24,27,29,36H,2,4-6,9,12,14-17,20-21H2,1H3,(H,33,37)/b7-3-/t24-,27+,29-/m0/s1. The predicted octanol–water partition coefficient (Wildman–Crippen LogP) is 3.73. The average molecular weight is 666 g/mol. The quantitative estimate of drug-likeness (QED) is 0.474. The average Bonchev–Trinajstić information content (AvgIpc) is 2.96. The van der Waals surface area contributed by atoms with Gasteiger partial charge < -0.3 is 14.7 Å². The van der Waals surface area contributed by atoms with Gasteiger partial charge in [-0.1, -0.05) is 29.8 Å². The summed E-state index contributed by atoms with van der Waals surface area (Å²) in [5, 5.41) is 11.7. The van der Waals surface area contributed by atoms with Gasteiger partial charge in [0.2, 0.25) is 0 Å². The Morgan fingerprint density at radius 1 is 1.09 bits per heavy atom. The monoisotopic (exact) mass is 665 g/mol. The summed E-state index contributed by atoms with van der Waals surface area (Å²) in [4.78, 5) is 15.6. The van der Waals surface area contributed by atoms with E-state index in [0.717, 1.165) is 53.8 Å². The van der Waals surface area contributed by atoms with E-state index in [2.05, 4.69) is 9.62 Å². The van der Waals surface area contributed by atoms with Crippen molar-refractivity contribution in [2.24, 2.45) is 11.8 Å². The molecule has 2 aromatic carbocycles. The Morgan fingerprint density at radius 2 is 1.91 bits per heavy atom. The Hall–Kier alpha value is -2.64. The topological polar surface area (TPSA) is 133 Å². The summed E-state index contributed by atoms with van der Waals surface area (Å²) in [6.07, 6.45) is 8.49. The van der Waals surface area contributed by atoms with Crippen molar-refractivity contribution in [1.29, 1.82) is 0 Å². The molecule has 240 valence electrons. The molecule has 10 nitrogen and oxygen atoms in total. The van der Waals surface area contributed by atoms with Gasteiger partial charge in [0.15, 0.2) is 0 Å². The second-order valence-electron chi connectivity index (χ2n) is 12.0. The number of ether oxygens (including phenoxy) is 1. The third-order valence-electron chi connectivity index (χ3n) is 8.76. The maximum atomic E-state index is 13.4. The molecule has 2 N–H and O–H groups in total. The van der Waals surface area contributed by atoms with Gasteiger partial charge in [0.05, 0.1) is 17.5 Å². The summed E-state index contributed by atoms with van der Waals surface area (Å²) in [6, 6.07) is 10.7. The highest BCUT2D eigenvalue weighted by Gasteiger charge is 2.37. The molecule has 0 unspecified atom stereocenters. The number of sulfone groups is 1. The lowest BCUT2D eigenvalue weighted by atomic mass is 9.70.